The normalized spacial score (nSPS) is 11.0. The Morgan fingerprint density at radius 1 is 1.67 bits per heavy atom. The second-order valence-corrected chi connectivity index (χ2v) is 3.73. The molecule has 0 atom stereocenters. The number of nitrogens with zero attached hydrogens (tertiary/aromatic N) is 1. The van der Waals surface area contributed by atoms with Gasteiger partial charge in [0, 0.05) is 25.6 Å². The van der Waals surface area contributed by atoms with Crippen molar-refractivity contribution in [3.63, 3.8) is 0 Å². The average molecular weight is 170 g/mol. The van der Waals surface area contributed by atoms with Crippen LogP contribution in [0.2, 0.25) is 0 Å². The zero-order valence-corrected chi connectivity index (χ0v) is 8.13. The molecular weight excluding hydrogens is 152 g/mol. The van der Waals surface area contributed by atoms with Gasteiger partial charge in [0.15, 0.2) is 0 Å². The summed E-state index contributed by atoms with van der Waals surface area (Å²) in [5.74, 6) is 0.0578. The molecule has 0 rings (SSSR count). The topological polar surface area (TPSA) is 46.3 Å². The summed E-state index contributed by atoms with van der Waals surface area (Å²) >= 11 is 0. The van der Waals surface area contributed by atoms with Crippen LogP contribution < -0.4 is 5.73 Å². The fraction of sp³-hybridized carbons (Fsp3) is 0.667. The van der Waals surface area contributed by atoms with E-state index in [1.54, 1.807) is 18.0 Å². The SMILES string of the molecule is C=CCN(C)C(=O)CC(C)(C)N. The number of likely N-dealkylation sites (N-methyl/N-ethyl adjacent to an activating group) is 1. The molecule has 2 N–H and O–H groups in total. The summed E-state index contributed by atoms with van der Waals surface area (Å²) in [5.41, 5.74) is 5.27. The van der Waals surface area contributed by atoms with Crippen molar-refractivity contribution in [1.29, 1.82) is 0 Å². The Labute approximate surface area is 74.2 Å². The third-order valence-corrected chi connectivity index (χ3v) is 1.44. The van der Waals surface area contributed by atoms with Crippen molar-refractivity contribution < 1.29 is 4.79 Å². The maximum absolute atomic E-state index is 11.3. The predicted molar refractivity (Wildman–Crippen MR) is 50.7 cm³/mol. The highest BCUT2D eigenvalue weighted by molar-refractivity contribution is 5.77. The van der Waals surface area contributed by atoms with Gasteiger partial charge in [-0.1, -0.05) is 6.08 Å². The van der Waals surface area contributed by atoms with Crippen molar-refractivity contribution in [3.05, 3.63) is 12.7 Å². The average Bonchev–Trinajstić information content (AvgIpc) is 1.84. The van der Waals surface area contributed by atoms with Crippen molar-refractivity contribution in [1.82, 2.24) is 4.90 Å². The van der Waals surface area contributed by atoms with Crippen LogP contribution in [0.5, 0.6) is 0 Å². The van der Waals surface area contributed by atoms with Crippen molar-refractivity contribution in [2.45, 2.75) is 25.8 Å². The van der Waals surface area contributed by atoms with Crippen molar-refractivity contribution in [2.75, 3.05) is 13.6 Å². The minimum atomic E-state index is -0.424. The molecule has 3 nitrogen and oxygen atoms in total. The van der Waals surface area contributed by atoms with Crippen molar-refractivity contribution in [3.8, 4) is 0 Å². The number of carbonyl (C=O) groups excluding carboxylic acids is 1. The quantitative estimate of drug-likeness (QED) is 0.633. The Bertz CT molecular complexity index is 170. The lowest BCUT2D eigenvalue weighted by atomic mass is 10.0. The molecule has 0 bridgehead atoms. The summed E-state index contributed by atoms with van der Waals surface area (Å²) < 4.78 is 0. The van der Waals surface area contributed by atoms with Crippen LogP contribution in [0.4, 0.5) is 0 Å². The molecule has 0 aliphatic heterocycles. The van der Waals surface area contributed by atoms with E-state index < -0.39 is 5.54 Å². The monoisotopic (exact) mass is 170 g/mol. The van der Waals surface area contributed by atoms with E-state index in [0.717, 1.165) is 0 Å². The fourth-order valence-electron chi connectivity index (χ4n) is 0.820. The van der Waals surface area contributed by atoms with Gasteiger partial charge in [-0.15, -0.1) is 6.58 Å². The summed E-state index contributed by atoms with van der Waals surface area (Å²) in [6, 6.07) is 0. The van der Waals surface area contributed by atoms with E-state index in [0.29, 0.717) is 13.0 Å². The number of nitrogens with two attached hydrogens (primary N) is 1. The lowest BCUT2D eigenvalue weighted by Gasteiger charge is -2.22. The van der Waals surface area contributed by atoms with Gasteiger partial charge in [0.05, 0.1) is 0 Å². The third kappa shape index (κ3) is 4.91. The number of hydrogen-bond acceptors (Lipinski definition) is 2. The maximum atomic E-state index is 11.3. The standard InChI is InChI=1S/C9H18N2O/c1-5-6-11(4)8(12)7-9(2,3)10/h5H,1,6-7,10H2,2-4H3. The van der Waals surface area contributed by atoms with E-state index in [9.17, 15) is 4.79 Å². The lowest BCUT2D eigenvalue weighted by molar-refractivity contribution is -0.130. The molecule has 3 heteroatoms. The highest BCUT2D eigenvalue weighted by atomic mass is 16.2. The molecule has 0 aromatic carbocycles. The second kappa shape index (κ2) is 4.26. The summed E-state index contributed by atoms with van der Waals surface area (Å²) in [7, 11) is 1.75. The number of carbonyl (C=O) groups is 1. The van der Waals surface area contributed by atoms with Gasteiger partial charge in [-0.25, -0.2) is 0 Å². The Kier molecular flexibility index (Phi) is 3.96. The number of rotatable bonds is 4. The first-order chi connectivity index (χ1) is 5.37. The molecule has 0 unspecified atom stereocenters. The molecule has 0 radical (unpaired) electrons. The van der Waals surface area contributed by atoms with Crippen LogP contribution in [-0.4, -0.2) is 29.9 Å². The molecule has 1 amide bonds. The van der Waals surface area contributed by atoms with Crippen LogP contribution in [0.1, 0.15) is 20.3 Å². The van der Waals surface area contributed by atoms with Gasteiger partial charge in [-0.05, 0) is 13.8 Å². The zero-order chi connectivity index (χ0) is 9.78. The van der Waals surface area contributed by atoms with E-state index in [-0.39, 0.29) is 5.91 Å². The molecule has 0 aliphatic carbocycles. The Morgan fingerprint density at radius 2 is 2.17 bits per heavy atom. The van der Waals surface area contributed by atoms with Crippen LogP contribution in [0.3, 0.4) is 0 Å². The van der Waals surface area contributed by atoms with E-state index in [2.05, 4.69) is 6.58 Å². The zero-order valence-electron chi connectivity index (χ0n) is 8.13. The minimum absolute atomic E-state index is 0.0578. The first-order valence-corrected chi connectivity index (χ1v) is 4.00. The van der Waals surface area contributed by atoms with Crippen molar-refractivity contribution >= 4 is 5.91 Å². The Morgan fingerprint density at radius 3 is 2.50 bits per heavy atom. The molecule has 0 aromatic rings. The van der Waals surface area contributed by atoms with Gasteiger partial charge in [0.1, 0.15) is 0 Å². The first-order valence-electron chi connectivity index (χ1n) is 4.00. The largest absolute Gasteiger partial charge is 0.342 e. The fourth-order valence-corrected chi connectivity index (χ4v) is 0.820. The van der Waals surface area contributed by atoms with E-state index in [1.807, 2.05) is 13.8 Å². The number of hydrogen-bond donors (Lipinski definition) is 1. The van der Waals surface area contributed by atoms with Gasteiger partial charge in [-0.3, -0.25) is 4.79 Å². The van der Waals surface area contributed by atoms with Gasteiger partial charge in [0.25, 0.3) is 0 Å². The van der Waals surface area contributed by atoms with Gasteiger partial charge < -0.3 is 10.6 Å². The lowest BCUT2D eigenvalue weighted by Crippen LogP contribution is -2.39. The van der Waals surface area contributed by atoms with Crippen LogP contribution in [0.25, 0.3) is 0 Å². The van der Waals surface area contributed by atoms with E-state index in [4.69, 9.17) is 5.73 Å². The van der Waals surface area contributed by atoms with E-state index >= 15 is 0 Å². The molecule has 12 heavy (non-hydrogen) atoms. The smallest absolute Gasteiger partial charge is 0.224 e. The summed E-state index contributed by atoms with van der Waals surface area (Å²) in [6.45, 7) is 7.81. The van der Waals surface area contributed by atoms with Crippen LogP contribution in [-0.2, 0) is 4.79 Å². The second-order valence-electron chi connectivity index (χ2n) is 3.73. The third-order valence-electron chi connectivity index (χ3n) is 1.44. The molecule has 70 valence electrons. The van der Waals surface area contributed by atoms with Crippen molar-refractivity contribution in [2.24, 2.45) is 5.73 Å². The molecule has 0 aromatic heterocycles. The van der Waals surface area contributed by atoms with Gasteiger partial charge in [0.2, 0.25) is 5.91 Å². The first kappa shape index (κ1) is 11.2. The van der Waals surface area contributed by atoms with Gasteiger partial charge in [-0.2, -0.15) is 0 Å². The van der Waals surface area contributed by atoms with E-state index in [1.165, 1.54) is 0 Å². The highest BCUT2D eigenvalue weighted by Gasteiger charge is 2.18. The number of amides is 1. The summed E-state index contributed by atoms with van der Waals surface area (Å²) in [5, 5.41) is 0. The van der Waals surface area contributed by atoms with Gasteiger partial charge >= 0.3 is 0 Å². The minimum Gasteiger partial charge on any atom is -0.342 e. The molecule has 0 aliphatic rings. The molecule has 0 saturated carbocycles. The van der Waals surface area contributed by atoms with Crippen LogP contribution >= 0.6 is 0 Å². The Hall–Kier alpha value is -0.830. The summed E-state index contributed by atoms with van der Waals surface area (Å²) in [4.78, 5) is 13.0. The predicted octanol–water partition coefficient (Wildman–Crippen LogP) is 0.758. The van der Waals surface area contributed by atoms with Crippen LogP contribution in [0, 0.1) is 0 Å². The maximum Gasteiger partial charge on any atom is 0.224 e. The molecule has 0 saturated heterocycles. The molecule has 0 heterocycles. The van der Waals surface area contributed by atoms with Crippen LogP contribution in [0.15, 0.2) is 12.7 Å². The highest BCUT2D eigenvalue weighted by Crippen LogP contribution is 2.05. The summed E-state index contributed by atoms with van der Waals surface area (Å²) in [6.07, 6.45) is 2.07. The molecule has 0 spiro atoms. The molecule has 0 fully saturated rings. The Balaban J connectivity index is 3.95. The molecular formula is C9H18N2O.